The Bertz CT molecular complexity index is 416. The Balaban J connectivity index is 2.89. The van der Waals surface area contributed by atoms with Gasteiger partial charge in [-0.2, -0.15) is 0 Å². The summed E-state index contributed by atoms with van der Waals surface area (Å²) < 4.78 is 0. The molecule has 4 nitrogen and oxygen atoms in total. The fraction of sp³-hybridized carbons (Fsp3) is 0.333. The summed E-state index contributed by atoms with van der Waals surface area (Å²) in [6.45, 7) is 1.73. The first-order chi connectivity index (χ1) is 7.97. The van der Waals surface area contributed by atoms with Crippen LogP contribution < -0.4 is 0 Å². The van der Waals surface area contributed by atoms with E-state index in [4.69, 9.17) is 16.7 Å². The number of amides is 1. The molecule has 0 aliphatic heterocycles. The minimum absolute atomic E-state index is 0.323. The molecular weight excluding hydrogens is 242 g/mol. The lowest BCUT2D eigenvalue weighted by molar-refractivity contribution is -0.142. The lowest BCUT2D eigenvalue weighted by atomic mass is 10.1. The van der Waals surface area contributed by atoms with E-state index in [0.717, 1.165) is 0 Å². The van der Waals surface area contributed by atoms with E-state index in [1.165, 1.54) is 11.9 Å². The number of rotatable bonds is 4. The van der Waals surface area contributed by atoms with Crippen molar-refractivity contribution in [1.29, 1.82) is 0 Å². The first-order valence-electron chi connectivity index (χ1n) is 5.23. The molecule has 0 saturated heterocycles. The minimum atomic E-state index is -1.00. The predicted octanol–water partition coefficient (Wildman–Crippen LogP) is 2.28. The average molecular weight is 256 g/mol. The molecule has 1 aromatic carbocycles. The summed E-state index contributed by atoms with van der Waals surface area (Å²) in [6.07, 6.45) is 0.366. The molecule has 0 fully saturated rings. The van der Waals surface area contributed by atoms with Gasteiger partial charge in [-0.25, -0.2) is 4.79 Å². The maximum absolute atomic E-state index is 12.0. The molecule has 0 aliphatic rings. The quantitative estimate of drug-likeness (QED) is 0.898. The Hall–Kier alpha value is -1.55. The number of carboxylic acid groups (broad SMARTS) is 1. The Kier molecular flexibility index (Phi) is 4.52. The SMILES string of the molecule is CCC(C(=O)O)N(C)C(=O)c1ccc(Cl)cc1. The van der Waals surface area contributed by atoms with Crippen molar-refractivity contribution in [2.75, 3.05) is 7.05 Å². The number of aliphatic carboxylic acids is 1. The number of carboxylic acids is 1. The van der Waals surface area contributed by atoms with Crippen LogP contribution in [0.2, 0.25) is 5.02 Å². The molecular formula is C12H14ClNO3. The second-order valence-electron chi connectivity index (χ2n) is 3.69. The van der Waals surface area contributed by atoms with E-state index in [1.54, 1.807) is 31.2 Å². The van der Waals surface area contributed by atoms with Gasteiger partial charge in [0.15, 0.2) is 0 Å². The topological polar surface area (TPSA) is 57.6 Å². The Morgan fingerprint density at radius 2 is 1.88 bits per heavy atom. The van der Waals surface area contributed by atoms with Crippen molar-refractivity contribution in [2.24, 2.45) is 0 Å². The number of likely N-dealkylation sites (N-methyl/N-ethyl adjacent to an activating group) is 1. The first kappa shape index (κ1) is 13.5. The smallest absolute Gasteiger partial charge is 0.326 e. The number of carbonyl (C=O) groups excluding carboxylic acids is 1. The fourth-order valence-electron chi connectivity index (χ4n) is 1.55. The molecule has 17 heavy (non-hydrogen) atoms. The third-order valence-electron chi connectivity index (χ3n) is 2.55. The molecule has 0 spiro atoms. The number of nitrogens with zero attached hydrogens (tertiary/aromatic N) is 1. The third kappa shape index (κ3) is 3.20. The van der Waals surface area contributed by atoms with Gasteiger partial charge in [0, 0.05) is 17.6 Å². The molecule has 1 unspecified atom stereocenters. The first-order valence-corrected chi connectivity index (χ1v) is 5.60. The summed E-state index contributed by atoms with van der Waals surface area (Å²) in [7, 11) is 1.49. The van der Waals surface area contributed by atoms with Crippen molar-refractivity contribution in [2.45, 2.75) is 19.4 Å². The van der Waals surface area contributed by atoms with E-state index >= 15 is 0 Å². The number of halogens is 1. The number of carbonyl (C=O) groups is 2. The fourth-order valence-corrected chi connectivity index (χ4v) is 1.68. The summed E-state index contributed by atoms with van der Waals surface area (Å²) in [4.78, 5) is 24.2. The lowest BCUT2D eigenvalue weighted by Crippen LogP contribution is -2.41. The lowest BCUT2D eigenvalue weighted by Gasteiger charge is -2.23. The highest BCUT2D eigenvalue weighted by Crippen LogP contribution is 2.13. The van der Waals surface area contributed by atoms with Crippen molar-refractivity contribution in [1.82, 2.24) is 4.90 Å². The van der Waals surface area contributed by atoms with Gasteiger partial charge < -0.3 is 10.0 Å². The molecule has 1 atom stereocenters. The van der Waals surface area contributed by atoms with Crippen LogP contribution in [0, 0.1) is 0 Å². The number of benzene rings is 1. The van der Waals surface area contributed by atoms with E-state index in [-0.39, 0.29) is 5.91 Å². The van der Waals surface area contributed by atoms with Crippen molar-refractivity contribution >= 4 is 23.5 Å². The molecule has 1 amide bonds. The third-order valence-corrected chi connectivity index (χ3v) is 2.80. The zero-order valence-electron chi connectivity index (χ0n) is 9.68. The monoisotopic (exact) mass is 255 g/mol. The summed E-state index contributed by atoms with van der Waals surface area (Å²) in [5.74, 6) is -1.33. The highest BCUT2D eigenvalue weighted by atomic mass is 35.5. The molecule has 1 N–H and O–H groups in total. The van der Waals surface area contributed by atoms with Gasteiger partial charge in [-0.05, 0) is 30.7 Å². The maximum Gasteiger partial charge on any atom is 0.326 e. The minimum Gasteiger partial charge on any atom is -0.480 e. The summed E-state index contributed by atoms with van der Waals surface area (Å²) in [5, 5.41) is 9.51. The Morgan fingerprint density at radius 1 is 1.35 bits per heavy atom. The van der Waals surface area contributed by atoms with Gasteiger partial charge in [-0.15, -0.1) is 0 Å². The van der Waals surface area contributed by atoms with E-state index in [2.05, 4.69) is 0 Å². The van der Waals surface area contributed by atoms with E-state index in [0.29, 0.717) is 17.0 Å². The van der Waals surface area contributed by atoms with Gasteiger partial charge in [0.05, 0.1) is 0 Å². The molecule has 1 rings (SSSR count). The summed E-state index contributed by atoms with van der Waals surface area (Å²) in [5.41, 5.74) is 0.427. The van der Waals surface area contributed by atoms with Crippen LogP contribution in [-0.2, 0) is 4.79 Å². The second-order valence-corrected chi connectivity index (χ2v) is 4.12. The summed E-state index contributed by atoms with van der Waals surface area (Å²) >= 11 is 5.72. The van der Waals surface area contributed by atoms with Crippen LogP contribution in [0.4, 0.5) is 0 Å². The molecule has 0 aliphatic carbocycles. The Labute approximate surface area is 105 Å². The predicted molar refractivity (Wildman–Crippen MR) is 65.3 cm³/mol. The van der Waals surface area contributed by atoms with Gasteiger partial charge in [0.1, 0.15) is 6.04 Å². The molecule has 0 radical (unpaired) electrons. The molecule has 92 valence electrons. The van der Waals surface area contributed by atoms with Crippen molar-refractivity contribution in [3.8, 4) is 0 Å². The van der Waals surface area contributed by atoms with Crippen LogP contribution >= 0.6 is 11.6 Å². The average Bonchev–Trinajstić information content (AvgIpc) is 2.29. The molecule has 0 bridgehead atoms. The molecule has 0 aromatic heterocycles. The van der Waals surface area contributed by atoms with Gasteiger partial charge >= 0.3 is 5.97 Å². The van der Waals surface area contributed by atoms with E-state index < -0.39 is 12.0 Å². The summed E-state index contributed by atoms with van der Waals surface area (Å²) in [6, 6.07) is 5.55. The van der Waals surface area contributed by atoms with Gasteiger partial charge in [0.2, 0.25) is 0 Å². The van der Waals surface area contributed by atoms with Crippen molar-refractivity contribution < 1.29 is 14.7 Å². The van der Waals surface area contributed by atoms with Crippen LogP contribution in [0.15, 0.2) is 24.3 Å². The molecule has 0 heterocycles. The van der Waals surface area contributed by atoms with Gasteiger partial charge in [0.25, 0.3) is 5.91 Å². The molecule has 0 saturated carbocycles. The van der Waals surface area contributed by atoms with Gasteiger partial charge in [-0.3, -0.25) is 4.79 Å². The van der Waals surface area contributed by atoms with Gasteiger partial charge in [-0.1, -0.05) is 18.5 Å². The second kappa shape index (κ2) is 5.68. The van der Waals surface area contributed by atoms with E-state index in [1.807, 2.05) is 0 Å². The van der Waals surface area contributed by atoms with E-state index in [9.17, 15) is 9.59 Å². The maximum atomic E-state index is 12.0. The van der Waals surface area contributed by atoms with Crippen molar-refractivity contribution in [3.05, 3.63) is 34.9 Å². The highest BCUT2D eigenvalue weighted by molar-refractivity contribution is 6.30. The number of hydrogen-bond acceptors (Lipinski definition) is 2. The zero-order chi connectivity index (χ0) is 13.0. The van der Waals surface area contributed by atoms with Crippen LogP contribution in [0.25, 0.3) is 0 Å². The van der Waals surface area contributed by atoms with Crippen LogP contribution in [0.5, 0.6) is 0 Å². The normalized spacial score (nSPS) is 11.9. The Morgan fingerprint density at radius 3 is 2.29 bits per heavy atom. The standard InChI is InChI=1S/C12H14ClNO3/c1-3-10(12(16)17)14(2)11(15)8-4-6-9(13)7-5-8/h4-7,10H,3H2,1-2H3,(H,16,17). The van der Waals surface area contributed by atoms with Crippen LogP contribution in [0.3, 0.4) is 0 Å². The van der Waals surface area contributed by atoms with Crippen molar-refractivity contribution in [3.63, 3.8) is 0 Å². The zero-order valence-corrected chi connectivity index (χ0v) is 10.4. The largest absolute Gasteiger partial charge is 0.480 e. The van der Waals surface area contributed by atoms with Crippen LogP contribution in [0.1, 0.15) is 23.7 Å². The molecule has 1 aromatic rings. The highest BCUT2D eigenvalue weighted by Gasteiger charge is 2.25. The van der Waals surface area contributed by atoms with Crippen LogP contribution in [-0.4, -0.2) is 35.0 Å². The number of hydrogen-bond donors (Lipinski definition) is 1. The molecule has 5 heteroatoms.